The van der Waals surface area contributed by atoms with Gasteiger partial charge in [-0.25, -0.2) is 0 Å². The lowest BCUT2D eigenvalue weighted by atomic mass is 10.2. The molecule has 0 unspecified atom stereocenters. The van der Waals surface area contributed by atoms with Crippen LogP contribution in [0.15, 0.2) is 35.1 Å². The zero-order chi connectivity index (χ0) is 12.3. The Morgan fingerprint density at radius 3 is 2.94 bits per heavy atom. The van der Waals surface area contributed by atoms with E-state index < -0.39 is 0 Å². The van der Waals surface area contributed by atoms with Crippen LogP contribution in [0.4, 0.5) is 5.69 Å². The molecular weight excluding hydrogens is 282 g/mol. The van der Waals surface area contributed by atoms with Crippen molar-refractivity contribution in [3.63, 3.8) is 0 Å². The third-order valence-electron chi connectivity index (χ3n) is 2.38. The van der Waals surface area contributed by atoms with Gasteiger partial charge in [-0.15, -0.1) is 0 Å². The highest BCUT2D eigenvalue weighted by Gasteiger charge is 2.02. The second-order valence-corrected chi connectivity index (χ2v) is 4.72. The summed E-state index contributed by atoms with van der Waals surface area (Å²) in [5.41, 5.74) is 7.63. The molecule has 0 atom stereocenters. The number of ether oxygens (including phenoxy) is 1. The highest BCUT2D eigenvalue weighted by molar-refractivity contribution is 9.10. The SMILES string of the molecule is Cn1cc(CCOc2ccc(Br)cc2N)cn1. The Bertz CT molecular complexity index is 510. The molecule has 4 nitrogen and oxygen atoms in total. The van der Waals surface area contributed by atoms with Crippen LogP contribution in [0.25, 0.3) is 0 Å². The van der Waals surface area contributed by atoms with E-state index in [0.717, 1.165) is 22.2 Å². The molecule has 0 bridgehead atoms. The fourth-order valence-electron chi connectivity index (χ4n) is 1.53. The number of nitrogen functional groups attached to an aromatic ring is 1. The van der Waals surface area contributed by atoms with E-state index >= 15 is 0 Å². The van der Waals surface area contributed by atoms with Crippen LogP contribution in [0, 0.1) is 0 Å². The smallest absolute Gasteiger partial charge is 0.142 e. The maximum Gasteiger partial charge on any atom is 0.142 e. The zero-order valence-electron chi connectivity index (χ0n) is 9.56. The summed E-state index contributed by atoms with van der Waals surface area (Å²) in [5.74, 6) is 0.720. The van der Waals surface area contributed by atoms with E-state index in [1.165, 1.54) is 0 Å². The van der Waals surface area contributed by atoms with Gasteiger partial charge in [-0.05, 0) is 23.8 Å². The summed E-state index contributed by atoms with van der Waals surface area (Å²) < 4.78 is 8.36. The first-order valence-corrected chi connectivity index (χ1v) is 6.10. The molecule has 0 aliphatic carbocycles. The lowest BCUT2D eigenvalue weighted by Gasteiger charge is -2.08. The number of hydrogen-bond acceptors (Lipinski definition) is 3. The van der Waals surface area contributed by atoms with Crippen molar-refractivity contribution in [2.24, 2.45) is 7.05 Å². The van der Waals surface area contributed by atoms with E-state index in [0.29, 0.717) is 12.3 Å². The highest BCUT2D eigenvalue weighted by Crippen LogP contribution is 2.25. The predicted molar refractivity (Wildman–Crippen MR) is 71.0 cm³/mol. The third kappa shape index (κ3) is 3.23. The largest absolute Gasteiger partial charge is 0.491 e. The minimum Gasteiger partial charge on any atom is -0.491 e. The molecule has 1 aromatic carbocycles. The molecule has 2 rings (SSSR count). The third-order valence-corrected chi connectivity index (χ3v) is 2.87. The number of benzene rings is 1. The molecule has 1 aromatic heterocycles. The van der Waals surface area contributed by atoms with Gasteiger partial charge in [0.05, 0.1) is 18.5 Å². The minimum atomic E-state index is 0.595. The molecule has 0 aliphatic heterocycles. The molecule has 90 valence electrons. The van der Waals surface area contributed by atoms with Crippen LogP contribution < -0.4 is 10.5 Å². The van der Waals surface area contributed by atoms with Crippen LogP contribution in [0.3, 0.4) is 0 Å². The van der Waals surface area contributed by atoms with Gasteiger partial charge in [0.1, 0.15) is 5.75 Å². The lowest BCUT2D eigenvalue weighted by molar-refractivity contribution is 0.323. The normalized spacial score (nSPS) is 10.5. The fourth-order valence-corrected chi connectivity index (χ4v) is 1.91. The summed E-state index contributed by atoms with van der Waals surface area (Å²) >= 11 is 3.36. The summed E-state index contributed by atoms with van der Waals surface area (Å²) in [7, 11) is 1.90. The number of nitrogens with two attached hydrogens (primary N) is 1. The zero-order valence-corrected chi connectivity index (χ0v) is 11.1. The lowest BCUT2D eigenvalue weighted by Crippen LogP contribution is -2.02. The van der Waals surface area contributed by atoms with Gasteiger partial charge >= 0.3 is 0 Å². The van der Waals surface area contributed by atoms with Gasteiger partial charge in [0.25, 0.3) is 0 Å². The maximum atomic E-state index is 5.83. The van der Waals surface area contributed by atoms with Crippen LogP contribution in [0.1, 0.15) is 5.56 Å². The molecule has 0 saturated carbocycles. The Balaban J connectivity index is 1.90. The van der Waals surface area contributed by atoms with Gasteiger partial charge in [0.2, 0.25) is 0 Å². The molecule has 0 radical (unpaired) electrons. The summed E-state index contributed by atoms with van der Waals surface area (Å²) in [5, 5.41) is 4.10. The Labute approximate surface area is 109 Å². The molecule has 0 fully saturated rings. The number of rotatable bonds is 4. The Kier molecular flexibility index (Phi) is 3.68. The standard InChI is InChI=1S/C12H14BrN3O/c1-16-8-9(7-15-16)4-5-17-12-3-2-10(13)6-11(12)14/h2-3,6-8H,4-5,14H2,1H3. The number of nitrogens with zero attached hydrogens (tertiary/aromatic N) is 2. The molecule has 2 aromatic rings. The van der Waals surface area contributed by atoms with Crippen molar-refractivity contribution in [1.29, 1.82) is 0 Å². The molecule has 0 saturated heterocycles. The molecule has 17 heavy (non-hydrogen) atoms. The molecule has 0 aliphatic rings. The van der Waals surface area contributed by atoms with Gasteiger partial charge in [0, 0.05) is 24.1 Å². The van der Waals surface area contributed by atoms with E-state index in [-0.39, 0.29) is 0 Å². The van der Waals surface area contributed by atoms with Crippen LogP contribution in [0.5, 0.6) is 5.75 Å². The van der Waals surface area contributed by atoms with Crippen LogP contribution in [0.2, 0.25) is 0 Å². The molecule has 0 spiro atoms. The second-order valence-electron chi connectivity index (χ2n) is 3.80. The molecule has 5 heteroatoms. The Hall–Kier alpha value is -1.49. The molecule has 1 heterocycles. The van der Waals surface area contributed by atoms with Gasteiger partial charge in [0.15, 0.2) is 0 Å². The van der Waals surface area contributed by atoms with Gasteiger partial charge in [-0.1, -0.05) is 15.9 Å². The van der Waals surface area contributed by atoms with Crippen molar-refractivity contribution < 1.29 is 4.74 Å². The maximum absolute atomic E-state index is 5.83. The Morgan fingerprint density at radius 1 is 1.47 bits per heavy atom. The van der Waals surface area contributed by atoms with Crippen LogP contribution in [-0.2, 0) is 13.5 Å². The predicted octanol–water partition coefficient (Wildman–Crippen LogP) is 2.39. The van der Waals surface area contributed by atoms with Gasteiger partial charge < -0.3 is 10.5 Å². The molecule has 2 N–H and O–H groups in total. The first-order valence-electron chi connectivity index (χ1n) is 5.30. The fraction of sp³-hybridized carbons (Fsp3) is 0.250. The first-order chi connectivity index (χ1) is 8.15. The van der Waals surface area contributed by atoms with E-state index in [9.17, 15) is 0 Å². The number of hydrogen-bond donors (Lipinski definition) is 1. The van der Waals surface area contributed by atoms with Crippen molar-refractivity contribution in [3.8, 4) is 5.75 Å². The minimum absolute atomic E-state index is 0.595. The number of aryl methyl sites for hydroxylation is 1. The van der Waals surface area contributed by atoms with E-state index in [2.05, 4.69) is 21.0 Å². The van der Waals surface area contributed by atoms with Gasteiger partial charge in [-0.3, -0.25) is 4.68 Å². The monoisotopic (exact) mass is 295 g/mol. The van der Waals surface area contributed by atoms with Crippen molar-refractivity contribution in [2.45, 2.75) is 6.42 Å². The van der Waals surface area contributed by atoms with E-state index in [4.69, 9.17) is 10.5 Å². The topological polar surface area (TPSA) is 53.1 Å². The highest BCUT2D eigenvalue weighted by atomic mass is 79.9. The van der Waals surface area contributed by atoms with Crippen LogP contribution >= 0.6 is 15.9 Å². The van der Waals surface area contributed by atoms with E-state index in [1.807, 2.05) is 37.6 Å². The van der Waals surface area contributed by atoms with Crippen molar-refractivity contribution >= 4 is 21.6 Å². The molecular formula is C12H14BrN3O. The number of aromatic nitrogens is 2. The Morgan fingerprint density at radius 2 is 2.29 bits per heavy atom. The van der Waals surface area contributed by atoms with Crippen LogP contribution in [-0.4, -0.2) is 16.4 Å². The number of anilines is 1. The summed E-state index contributed by atoms with van der Waals surface area (Å²) in [6, 6.07) is 5.61. The van der Waals surface area contributed by atoms with Crippen molar-refractivity contribution in [3.05, 3.63) is 40.6 Å². The quantitative estimate of drug-likeness (QED) is 0.881. The number of halogens is 1. The summed E-state index contributed by atoms with van der Waals surface area (Å²) in [6.07, 6.45) is 4.64. The molecule has 0 amide bonds. The average Bonchev–Trinajstić information content (AvgIpc) is 2.68. The van der Waals surface area contributed by atoms with Crippen molar-refractivity contribution in [2.75, 3.05) is 12.3 Å². The summed E-state index contributed by atoms with van der Waals surface area (Å²) in [6.45, 7) is 0.595. The summed E-state index contributed by atoms with van der Waals surface area (Å²) in [4.78, 5) is 0. The average molecular weight is 296 g/mol. The van der Waals surface area contributed by atoms with Gasteiger partial charge in [-0.2, -0.15) is 5.10 Å². The van der Waals surface area contributed by atoms with Crippen molar-refractivity contribution in [1.82, 2.24) is 9.78 Å². The van der Waals surface area contributed by atoms with E-state index in [1.54, 1.807) is 4.68 Å². The first kappa shape index (κ1) is 12.0. The second kappa shape index (κ2) is 5.23.